The second kappa shape index (κ2) is 4.92. The molecule has 0 fully saturated rings. The Bertz CT molecular complexity index is 717. The number of halogens is 1. The van der Waals surface area contributed by atoms with Gasteiger partial charge in [0.15, 0.2) is 0 Å². The van der Waals surface area contributed by atoms with Crippen molar-refractivity contribution in [3.05, 3.63) is 51.2 Å². The molecule has 0 spiro atoms. The standard InChI is InChI=1S/C13H12ClN3OS/c1-8-11(7-18)17-13(15-8)19-12(16-17)6-9-2-4-10(14)5-3-9/h2-5,18H,6-7H2,1H3. The summed E-state index contributed by atoms with van der Waals surface area (Å²) in [5, 5.41) is 15.5. The van der Waals surface area contributed by atoms with Crippen LogP contribution in [-0.4, -0.2) is 19.7 Å². The van der Waals surface area contributed by atoms with Crippen molar-refractivity contribution in [3.8, 4) is 0 Å². The van der Waals surface area contributed by atoms with Crippen molar-refractivity contribution in [1.29, 1.82) is 0 Å². The van der Waals surface area contributed by atoms with Gasteiger partial charge in [-0.15, -0.1) is 0 Å². The third kappa shape index (κ3) is 2.36. The van der Waals surface area contributed by atoms with Crippen LogP contribution < -0.4 is 0 Å². The van der Waals surface area contributed by atoms with Crippen molar-refractivity contribution in [2.24, 2.45) is 0 Å². The maximum absolute atomic E-state index is 9.32. The van der Waals surface area contributed by atoms with E-state index in [0.717, 1.165) is 38.4 Å². The molecular weight excluding hydrogens is 282 g/mol. The second-order valence-electron chi connectivity index (χ2n) is 4.30. The maximum atomic E-state index is 9.32. The van der Waals surface area contributed by atoms with E-state index >= 15 is 0 Å². The molecule has 2 heterocycles. The minimum absolute atomic E-state index is 0.0445. The summed E-state index contributed by atoms with van der Waals surface area (Å²) in [6.07, 6.45) is 0.745. The van der Waals surface area contributed by atoms with Crippen LogP contribution in [0, 0.1) is 6.92 Å². The van der Waals surface area contributed by atoms with Crippen LogP contribution in [0.15, 0.2) is 24.3 Å². The van der Waals surface area contributed by atoms with Gasteiger partial charge in [-0.3, -0.25) is 0 Å². The third-order valence-electron chi connectivity index (χ3n) is 2.96. The normalized spacial score (nSPS) is 11.3. The fraction of sp³-hybridized carbons (Fsp3) is 0.231. The first kappa shape index (κ1) is 12.6. The Labute approximate surface area is 119 Å². The van der Waals surface area contributed by atoms with E-state index in [-0.39, 0.29) is 6.61 Å². The molecule has 1 aromatic carbocycles. The van der Waals surface area contributed by atoms with Gasteiger partial charge in [0.25, 0.3) is 0 Å². The van der Waals surface area contributed by atoms with E-state index in [0.29, 0.717) is 0 Å². The number of fused-ring (bicyclic) bond motifs is 1. The first-order valence-corrected chi connectivity index (χ1v) is 7.06. The zero-order valence-corrected chi connectivity index (χ0v) is 11.9. The lowest BCUT2D eigenvalue weighted by Gasteiger charge is -1.97. The number of benzene rings is 1. The quantitative estimate of drug-likeness (QED) is 0.808. The topological polar surface area (TPSA) is 50.4 Å². The van der Waals surface area contributed by atoms with Crippen molar-refractivity contribution in [2.45, 2.75) is 20.0 Å². The molecule has 0 amide bonds. The average molecular weight is 294 g/mol. The molecule has 19 heavy (non-hydrogen) atoms. The molecule has 1 N–H and O–H groups in total. The number of nitrogens with zero attached hydrogens (tertiary/aromatic N) is 3. The van der Waals surface area contributed by atoms with E-state index in [4.69, 9.17) is 11.6 Å². The van der Waals surface area contributed by atoms with Gasteiger partial charge in [-0.1, -0.05) is 35.1 Å². The highest BCUT2D eigenvalue weighted by Gasteiger charge is 2.13. The number of aromatic nitrogens is 3. The predicted octanol–water partition coefficient (Wildman–Crippen LogP) is 2.84. The van der Waals surface area contributed by atoms with Crippen molar-refractivity contribution in [2.75, 3.05) is 0 Å². The Morgan fingerprint density at radius 2 is 2.05 bits per heavy atom. The SMILES string of the molecule is Cc1nc2sc(Cc3ccc(Cl)cc3)nn2c1CO. The van der Waals surface area contributed by atoms with Gasteiger partial charge in [-0.25, -0.2) is 9.50 Å². The lowest BCUT2D eigenvalue weighted by molar-refractivity contribution is 0.273. The number of aliphatic hydroxyl groups is 1. The highest BCUT2D eigenvalue weighted by molar-refractivity contribution is 7.16. The minimum Gasteiger partial charge on any atom is -0.390 e. The van der Waals surface area contributed by atoms with E-state index in [2.05, 4.69) is 10.1 Å². The Hall–Kier alpha value is -1.43. The van der Waals surface area contributed by atoms with E-state index in [9.17, 15) is 5.11 Å². The van der Waals surface area contributed by atoms with Gasteiger partial charge in [0.2, 0.25) is 4.96 Å². The lowest BCUT2D eigenvalue weighted by Crippen LogP contribution is -1.96. The van der Waals surface area contributed by atoms with Crippen LogP contribution >= 0.6 is 22.9 Å². The number of aliphatic hydroxyl groups excluding tert-OH is 1. The zero-order chi connectivity index (χ0) is 13.4. The van der Waals surface area contributed by atoms with Crippen LogP contribution in [0.5, 0.6) is 0 Å². The monoisotopic (exact) mass is 293 g/mol. The molecule has 6 heteroatoms. The molecule has 0 aliphatic carbocycles. The average Bonchev–Trinajstić information content (AvgIpc) is 2.88. The second-order valence-corrected chi connectivity index (χ2v) is 5.77. The largest absolute Gasteiger partial charge is 0.390 e. The number of aryl methyl sites for hydroxylation is 1. The molecule has 0 bridgehead atoms. The molecule has 0 saturated carbocycles. The zero-order valence-electron chi connectivity index (χ0n) is 10.3. The van der Waals surface area contributed by atoms with Gasteiger partial charge in [0.05, 0.1) is 18.0 Å². The minimum atomic E-state index is -0.0445. The Morgan fingerprint density at radius 3 is 2.74 bits per heavy atom. The van der Waals surface area contributed by atoms with Crippen LogP contribution in [0.1, 0.15) is 22.0 Å². The molecule has 0 unspecified atom stereocenters. The highest BCUT2D eigenvalue weighted by Crippen LogP contribution is 2.21. The van der Waals surface area contributed by atoms with Crippen LogP contribution in [0.2, 0.25) is 5.02 Å². The van der Waals surface area contributed by atoms with Gasteiger partial charge in [-0.05, 0) is 24.6 Å². The van der Waals surface area contributed by atoms with Crippen LogP contribution in [0.3, 0.4) is 0 Å². The number of rotatable bonds is 3. The van der Waals surface area contributed by atoms with Crippen LogP contribution in [0.4, 0.5) is 0 Å². The lowest BCUT2D eigenvalue weighted by atomic mass is 10.2. The van der Waals surface area contributed by atoms with Gasteiger partial charge in [-0.2, -0.15) is 5.10 Å². The van der Waals surface area contributed by atoms with Crippen LogP contribution in [-0.2, 0) is 13.0 Å². The van der Waals surface area contributed by atoms with Gasteiger partial charge in [0, 0.05) is 11.4 Å². The first-order chi connectivity index (χ1) is 9.17. The fourth-order valence-corrected chi connectivity index (χ4v) is 3.08. The fourth-order valence-electron chi connectivity index (χ4n) is 1.96. The van der Waals surface area contributed by atoms with Crippen molar-refractivity contribution in [1.82, 2.24) is 14.6 Å². The molecule has 2 aromatic heterocycles. The molecule has 3 aromatic rings. The van der Waals surface area contributed by atoms with Gasteiger partial charge < -0.3 is 5.11 Å². The molecule has 0 aliphatic heterocycles. The summed E-state index contributed by atoms with van der Waals surface area (Å²) < 4.78 is 1.73. The first-order valence-electron chi connectivity index (χ1n) is 5.86. The van der Waals surface area contributed by atoms with Crippen molar-refractivity contribution in [3.63, 3.8) is 0 Å². The highest BCUT2D eigenvalue weighted by atomic mass is 35.5. The number of hydrogen-bond donors (Lipinski definition) is 1. The maximum Gasteiger partial charge on any atom is 0.212 e. The Kier molecular flexibility index (Phi) is 3.26. The van der Waals surface area contributed by atoms with E-state index in [1.54, 1.807) is 15.9 Å². The summed E-state index contributed by atoms with van der Waals surface area (Å²) in [4.78, 5) is 5.22. The van der Waals surface area contributed by atoms with Crippen molar-refractivity contribution >= 4 is 27.9 Å². The summed E-state index contributed by atoms with van der Waals surface area (Å²) in [5.74, 6) is 0. The van der Waals surface area contributed by atoms with E-state index < -0.39 is 0 Å². The molecule has 0 aliphatic rings. The Balaban J connectivity index is 1.93. The Morgan fingerprint density at radius 1 is 1.32 bits per heavy atom. The molecule has 0 radical (unpaired) electrons. The predicted molar refractivity (Wildman–Crippen MR) is 75.8 cm³/mol. The molecule has 0 saturated heterocycles. The summed E-state index contributed by atoms with van der Waals surface area (Å²) in [6, 6.07) is 7.73. The number of imidazole rings is 1. The van der Waals surface area contributed by atoms with E-state index in [1.165, 1.54) is 0 Å². The summed E-state index contributed by atoms with van der Waals surface area (Å²) in [6.45, 7) is 1.84. The summed E-state index contributed by atoms with van der Waals surface area (Å²) in [7, 11) is 0. The smallest absolute Gasteiger partial charge is 0.212 e. The third-order valence-corrected chi connectivity index (χ3v) is 4.12. The molecule has 3 rings (SSSR count). The molecule has 4 nitrogen and oxygen atoms in total. The van der Waals surface area contributed by atoms with Crippen molar-refractivity contribution < 1.29 is 5.11 Å². The van der Waals surface area contributed by atoms with Crippen LogP contribution in [0.25, 0.3) is 4.96 Å². The van der Waals surface area contributed by atoms with E-state index in [1.807, 2.05) is 31.2 Å². The summed E-state index contributed by atoms with van der Waals surface area (Å²) >= 11 is 7.41. The molecule has 0 atom stereocenters. The van der Waals surface area contributed by atoms with Gasteiger partial charge in [0.1, 0.15) is 5.01 Å². The number of hydrogen-bond acceptors (Lipinski definition) is 4. The molecule has 98 valence electrons. The molecular formula is C13H12ClN3OS. The summed E-state index contributed by atoms with van der Waals surface area (Å²) in [5.41, 5.74) is 2.75. The van der Waals surface area contributed by atoms with Gasteiger partial charge >= 0.3 is 0 Å².